The normalized spacial score (nSPS) is 14.2. The molecule has 0 rings (SSSR count). The summed E-state index contributed by atoms with van der Waals surface area (Å²) in [4.78, 5) is 0. The molecule has 3 nitrogen and oxygen atoms in total. The molecule has 4 radical (unpaired) electrons. The fraction of sp³-hybridized carbons (Fsp3) is 1.00. The molecule has 0 saturated heterocycles. The average molecular weight is 311 g/mol. The Labute approximate surface area is 111 Å². The predicted molar refractivity (Wildman–Crippen MR) is 81.7 cm³/mol. The van der Waals surface area contributed by atoms with Gasteiger partial charge in [0.2, 0.25) is 0 Å². The van der Waals surface area contributed by atoms with Gasteiger partial charge in [-0.2, -0.15) is 0 Å². The first kappa shape index (κ1) is 19.3. The van der Waals surface area contributed by atoms with Crippen molar-refractivity contribution in [3.05, 3.63) is 0 Å². The molecule has 0 aliphatic carbocycles. The topological polar surface area (TPSA) is 27.7 Å². The minimum Gasteiger partial charge on any atom is -0.442 e. The third-order valence-corrected chi connectivity index (χ3v) is 13.8. The zero-order chi connectivity index (χ0) is 12.3. The third kappa shape index (κ3) is 10.1. The standard InChI is InChI=1S/C8H26O3Si4.Si/c1-12-9-14(5,6)11-15(7,8)10-13(2,3)4;/h12H2,1-8H3;. The van der Waals surface area contributed by atoms with Gasteiger partial charge >= 0.3 is 17.1 Å². The van der Waals surface area contributed by atoms with Crippen LogP contribution in [0.2, 0.25) is 52.4 Å². The minimum atomic E-state index is -1.99. The minimum absolute atomic E-state index is 0. The second kappa shape index (κ2) is 6.78. The smallest absolute Gasteiger partial charge is 0.312 e. The molecule has 0 aliphatic rings. The maximum Gasteiger partial charge on any atom is 0.312 e. The van der Waals surface area contributed by atoms with Gasteiger partial charge in [-0.05, 0) is 45.8 Å². The van der Waals surface area contributed by atoms with E-state index < -0.39 is 25.4 Å². The zero-order valence-corrected chi connectivity index (χ0v) is 17.3. The fourth-order valence-corrected chi connectivity index (χ4v) is 16.5. The van der Waals surface area contributed by atoms with Crippen molar-refractivity contribution in [3.63, 3.8) is 0 Å². The monoisotopic (exact) mass is 310 g/mol. The van der Waals surface area contributed by atoms with E-state index in [1.165, 1.54) is 0 Å². The fourth-order valence-electron chi connectivity index (χ4n) is 1.73. The van der Waals surface area contributed by atoms with Gasteiger partial charge in [0.15, 0.2) is 8.32 Å². The molecule has 0 atom stereocenters. The quantitative estimate of drug-likeness (QED) is 0.703. The zero-order valence-electron chi connectivity index (χ0n) is 11.9. The highest BCUT2D eigenvalue weighted by molar-refractivity contribution is 6.86. The van der Waals surface area contributed by atoms with Crippen LogP contribution in [0.15, 0.2) is 0 Å². The van der Waals surface area contributed by atoms with Gasteiger partial charge in [-0.15, -0.1) is 0 Å². The van der Waals surface area contributed by atoms with Crippen LogP contribution in [0.25, 0.3) is 0 Å². The van der Waals surface area contributed by atoms with Gasteiger partial charge in [-0.1, -0.05) is 6.55 Å². The molecular weight excluding hydrogens is 285 g/mol. The van der Waals surface area contributed by atoms with Crippen molar-refractivity contribution >= 4 is 46.2 Å². The lowest BCUT2D eigenvalue weighted by molar-refractivity contribution is 0.339. The van der Waals surface area contributed by atoms with Crippen LogP contribution in [0, 0.1) is 0 Å². The largest absolute Gasteiger partial charge is 0.442 e. The van der Waals surface area contributed by atoms with Crippen molar-refractivity contribution < 1.29 is 12.3 Å². The van der Waals surface area contributed by atoms with Gasteiger partial charge in [-0.25, -0.2) is 0 Å². The highest BCUT2D eigenvalue weighted by Gasteiger charge is 2.38. The Bertz CT molecular complexity index is 202. The second-order valence-corrected chi connectivity index (χ2v) is 18.7. The summed E-state index contributed by atoms with van der Waals surface area (Å²) in [6, 6.07) is 0. The van der Waals surface area contributed by atoms with E-state index in [2.05, 4.69) is 52.4 Å². The number of rotatable bonds is 6. The Kier molecular flexibility index (Phi) is 8.18. The molecule has 0 fully saturated rings. The summed E-state index contributed by atoms with van der Waals surface area (Å²) in [5.41, 5.74) is 0. The first-order valence-corrected chi connectivity index (χ1v) is 16.5. The van der Waals surface area contributed by atoms with Crippen molar-refractivity contribution in [3.8, 4) is 0 Å². The summed E-state index contributed by atoms with van der Waals surface area (Å²) in [5, 5.41) is 0. The van der Waals surface area contributed by atoms with Gasteiger partial charge in [-0.3, -0.25) is 0 Å². The summed E-state index contributed by atoms with van der Waals surface area (Å²) < 4.78 is 18.1. The molecule has 0 aromatic heterocycles. The molecule has 96 valence electrons. The molecule has 0 bridgehead atoms. The molecule has 0 saturated carbocycles. The number of hydrogen-bond acceptors (Lipinski definition) is 3. The van der Waals surface area contributed by atoms with Crippen LogP contribution < -0.4 is 0 Å². The Balaban J connectivity index is 0. The van der Waals surface area contributed by atoms with Crippen LogP contribution in [0.5, 0.6) is 0 Å². The van der Waals surface area contributed by atoms with Gasteiger partial charge in [0.1, 0.15) is 9.76 Å². The van der Waals surface area contributed by atoms with Gasteiger partial charge in [0.25, 0.3) is 0 Å². The molecule has 0 aliphatic heterocycles. The molecule has 0 aromatic carbocycles. The molecule has 0 heterocycles. The Hall–Kier alpha value is 0.964. The van der Waals surface area contributed by atoms with E-state index in [1.807, 2.05) is 0 Å². The highest BCUT2D eigenvalue weighted by atomic mass is 28.5. The number of hydrogen-bond donors (Lipinski definition) is 0. The van der Waals surface area contributed by atoms with Crippen molar-refractivity contribution in [2.24, 2.45) is 0 Å². The van der Waals surface area contributed by atoms with Crippen LogP contribution in [0.4, 0.5) is 0 Å². The molecule has 8 heteroatoms. The summed E-state index contributed by atoms with van der Waals surface area (Å²) in [7, 11) is -5.80. The maximum absolute atomic E-state index is 6.14. The van der Waals surface area contributed by atoms with Crippen molar-refractivity contribution in [1.82, 2.24) is 0 Å². The van der Waals surface area contributed by atoms with Crippen molar-refractivity contribution in [2.45, 2.75) is 52.4 Å². The summed E-state index contributed by atoms with van der Waals surface area (Å²) in [5.74, 6) is 0. The maximum atomic E-state index is 6.14. The van der Waals surface area contributed by atoms with E-state index >= 15 is 0 Å². The van der Waals surface area contributed by atoms with E-state index in [9.17, 15) is 0 Å². The first-order valence-electron chi connectivity index (χ1n) is 5.52. The van der Waals surface area contributed by atoms with Gasteiger partial charge in [0.05, 0.1) is 0 Å². The van der Waals surface area contributed by atoms with Crippen molar-refractivity contribution in [1.29, 1.82) is 0 Å². The highest BCUT2D eigenvalue weighted by Crippen LogP contribution is 2.20. The third-order valence-electron chi connectivity index (χ3n) is 1.54. The first-order chi connectivity index (χ1) is 6.47. The molecule has 0 N–H and O–H groups in total. The molecule has 0 amide bonds. The van der Waals surface area contributed by atoms with E-state index in [1.54, 1.807) is 0 Å². The molecule has 0 unspecified atom stereocenters. The van der Waals surface area contributed by atoms with Crippen LogP contribution in [0.1, 0.15) is 0 Å². The lowest BCUT2D eigenvalue weighted by Crippen LogP contribution is -2.52. The lowest BCUT2D eigenvalue weighted by Gasteiger charge is -2.36. The van der Waals surface area contributed by atoms with Crippen LogP contribution in [-0.4, -0.2) is 46.2 Å². The Morgan fingerprint density at radius 1 is 0.750 bits per heavy atom. The Morgan fingerprint density at radius 2 is 1.19 bits per heavy atom. The van der Waals surface area contributed by atoms with E-state index in [4.69, 9.17) is 12.3 Å². The van der Waals surface area contributed by atoms with E-state index in [0.717, 1.165) is 0 Å². The van der Waals surface area contributed by atoms with Gasteiger partial charge < -0.3 is 12.3 Å². The molecule has 0 spiro atoms. The summed E-state index contributed by atoms with van der Waals surface area (Å²) >= 11 is 0. The van der Waals surface area contributed by atoms with E-state index in [-0.39, 0.29) is 20.7 Å². The molecular formula is C8H26O3Si5. The Morgan fingerprint density at radius 3 is 1.50 bits per heavy atom. The molecule has 16 heavy (non-hydrogen) atoms. The van der Waals surface area contributed by atoms with Crippen LogP contribution in [0.3, 0.4) is 0 Å². The summed E-state index contributed by atoms with van der Waals surface area (Å²) in [6.07, 6.45) is 0. The lowest BCUT2D eigenvalue weighted by atomic mass is 11.8. The van der Waals surface area contributed by atoms with Crippen LogP contribution in [-0.2, 0) is 12.3 Å². The second-order valence-electron chi connectivity index (χ2n) is 5.55. The van der Waals surface area contributed by atoms with Crippen molar-refractivity contribution in [2.75, 3.05) is 0 Å². The SMILES string of the molecule is C[SiH2]O[Si](C)(C)O[Si](C)(C)O[Si](C)(C)C.[Si]. The van der Waals surface area contributed by atoms with Gasteiger partial charge in [0, 0.05) is 11.0 Å². The predicted octanol–water partition coefficient (Wildman–Crippen LogP) is 2.03. The summed E-state index contributed by atoms with van der Waals surface area (Å²) in [6.45, 7) is 17.2. The van der Waals surface area contributed by atoms with E-state index in [0.29, 0.717) is 0 Å². The van der Waals surface area contributed by atoms with Crippen LogP contribution >= 0.6 is 0 Å². The average Bonchev–Trinajstić information content (AvgIpc) is 1.74. The molecule has 0 aromatic rings.